The van der Waals surface area contributed by atoms with Crippen LogP contribution in [0.2, 0.25) is 0 Å². The average Bonchev–Trinajstić information content (AvgIpc) is 3.86. The molecule has 1 heterocycles. The molecule has 8 aromatic carbocycles. The molecule has 3 aliphatic rings. The molecule has 2 heteroatoms. The van der Waals surface area contributed by atoms with Crippen molar-refractivity contribution < 1.29 is 0 Å². The van der Waals surface area contributed by atoms with Crippen LogP contribution in [0, 0.1) is 0 Å². The van der Waals surface area contributed by atoms with Gasteiger partial charge >= 0.3 is 0 Å². The van der Waals surface area contributed by atoms with E-state index in [1.807, 2.05) is 0 Å². The third-order valence-corrected chi connectivity index (χ3v) is 13.7. The van der Waals surface area contributed by atoms with Gasteiger partial charge in [0, 0.05) is 39.5 Å². The van der Waals surface area contributed by atoms with Crippen LogP contribution in [0.25, 0.3) is 49.8 Å². The predicted molar refractivity (Wildman–Crippen MR) is 264 cm³/mol. The molecule has 1 atom stereocenters. The number of hydrogen-bond donors (Lipinski definition) is 0. The van der Waals surface area contributed by atoms with E-state index in [1.54, 1.807) is 0 Å². The summed E-state index contributed by atoms with van der Waals surface area (Å²) in [6.07, 6.45) is 14.7. The minimum absolute atomic E-state index is 0.266. The molecular formula is C61H46N2. The number of allylic oxidation sites excluding steroid dienone is 7. The van der Waals surface area contributed by atoms with Gasteiger partial charge in [-0.25, -0.2) is 0 Å². The lowest BCUT2D eigenvalue weighted by Crippen LogP contribution is -2.31. The Morgan fingerprint density at radius 3 is 1.76 bits per heavy atom. The van der Waals surface area contributed by atoms with Gasteiger partial charge in [-0.05, 0) is 124 Å². The van der Waals surface area contributed by atoms with Gasteiger partial charge in [0.2, 0.25) is 0 Å². The number of fused-ring (bicyclic) bond motifs is 6. The van der Waals surface area contributed by atoms with Crippen LogP contribution >= 0.6 is 0 Å². The minimum atomic E-state index is -0.429. The lowest BCUT2D eigenvalue weighted by Gasteiger charge is -2.38. The minimum Gasteiger partial charge on any atom is -0.313 e. The highest BCUT2D eigenvalue weighted by Crippen LogP contribution is 2.60. The van der Waals surface area contributed by atoms with E-state index in [4.69, 9.17) is 0 Å². The third kappa shape index (κ3) is 6.09. The Kier molecular flexibility index (Phi) is 9.04. The summed E-state index contributed by atoms with van der Waals surface area (Å²) in [6.45, 7) is 0. The van der Waals surface area contributed by atoms with Crippen LogP contribution in [0.4, 0.5) is 11.4 Å². The second kappa shape index (κ2) is 15.3. The Hall–Kier alpha value is -7.68. The molecule has 0 bridgehead atoms. The highest BCUT2D eigenvalue weighted by atomic mass is 15.1. The van der Waals surface area contributed by atoms with Crippen LogP contribution in [0.5, 0.6) is 0 Å². The Balaban J connectivity index is 0.993. The summed E-state index contributed by atoms with van der Waals surface area (Å²) in [5.41, 5.74) is 18.6. The smallest absolute Gasteiger partial charge is 0.0674 e. The van der Waals surface area contributed by atoms with Gasteiger partial charge in [0.25, 0.3) is 0 Å². The Labute approximate surface area is 369 Å². The van der Waals surface area contributed by atoms with E-state index in [1.165, 1.54) is 83.3 Å². The second-order valence-corrected chi connectivity index (χ2v) is 17.1. The Morgan fingerprint density at radius 2 is 1.08 bits per heavy atom. The van der Waals surface area contributed by atoms with Crippen molar-refractivity contribution in [3.05, 3.63) is 270 Å². The maximum Gasteiger partial charge on any atom is 0.0674 e. The van der Waals surface area contributed by atoms with Gasteiger partial charge in [-0.2, -0.15) is 0 Å². The number of hydrogen-bond acceptors (Lipinski definition) is 1. The molecule has 0 amide bonds. The highest BCUT2D eigenvalue weighted by molar-refractivity contribution is 6.11. The van der Waals surface area contributed by atoms with E-state index < -0.39 is 5.41 Å². The SMILES string of the molecule is C1=CCCC(n2c3ccccc3c3cc(-c4ccc(N(C5=CCC6C(=C5)C(c5ccccc5)(c5ccccc5)c5ccccc56)c5ccc(-c6ccccc6)cc5)cc4)ccc32)=C1. The molecule has 63 heavy (non-hydrogen) atoms. The fourth-order valence-electron chi connectivity index (χ4n) is 10.9. The zero-order chi connectivity index (χ0) is 41.7. The van der Waals surface area contributed by atoms with Crippen LogP contribution in [0.15, 0.2) is 248 Å². The van der Waals surface area contributed by atoms with E-state index in [0.29, 0.717) is 0 Å². The van der Waals surface area contributed by atoms with Gasteiger partial charge in [0.05, 0.1) is 16.4 Å². The zero-order valence-corrected chi connectivity index (χ0v) is 35.1. The summed E-state index contributed by atoms with van der Waals surface area (Å²) in [5.74, 6) is 0.266. The van der Waals surface area contributed by atoms with Gasteiger partial charge < -0.3 is 9.47 Å². The van der Waals surface area contributed by atoms with Crippen molar-refractivity contribution >= 4 is 38.9 Å². The monoisotopic (exact) mass is 806 g/mol. The maximum absolute atomic E-state index is 2.52. The molecule has 0 spiro atoms. The standard InChI is InChI=1S/C61H46N2/c1-5-17-43(18-6-1)44-29-34-50(35-30-44)62(51-36-31-45(32-37-51)46-33-40-60-56(41-46)55-26-14-16-28-59(55)63(60)49-23-11-4-12-24-49)52-38-39-54-53-25-13-15-27-57(53)61(58(54)42-52,47-19-7-2-8-20-47)48-21-9-3-10-22-48/h1-11,13-23,25-38,40-42,54H,12,24,39H2. The molecule has 0 aliphatic heterocycles. The summed E-state index contributed by atoms with van der Waals surface area (Å²) in [4.78, 5) is 2.47. The molecule has 0 saturated heterocycles. The van der Waals surface area contributed by atoms with Gasteiger partial charge in [-0.1, -0.05) is 182 Å². The maximum atomic E-state index is 2.52. The lowest BCUT2D eigenvalue weighted by atomic mass is 9.66. The van der Waals surface area contributed by atoms with Crippen molar-refractivity contribution in [2.45, 2.75) is 30.6 Å². The molecule has 12 rings (SSSR count). The van der Waals surface area contributed by atoms with Crippen LogP contribution in [-0.2, 0) is 5.41 Å². The fraction of sp³-hybridized carbons (Fsp3) is 0.0820. The van der Waals surface area contributed by atoms with Gasteiger partial charge in [0.15, 0.2) is 0 Å². The topological polar surface area (TPSA) is 8.17 Å². The van der Waals surface area contributed by atoms with Crippen LogP contribution in [-0.4, -0.2) is 4.57 Å². The number of rotatable bonds is 8. The van der Waals surface area contributed by atoms with E-state index in [9.17, 15) is 0 Å². The summed E-state index contributed by atoms with van der Waals surface area (Å²) < 4.78 is 2.46. The quantitative estimate of drug-likeness (QED) is 0.148. The van der Waals surface area contributed by atoms with Gasteiger partial charge in [-0.15, -0.1) is 0 Å². The molecule has 2 nitrogen and oxygen atoms in total. The second-order valence-electron chi connectivity index (χ2n) is 17.1. The average molecular weight is 807 g/mol. The van der Waals surface area contributed by atoms with Gasteiger partial charge in [0.1, 0.15) is 0 Å². The lowest BCUT2D eigenvalue weighted by molar-refractivity contribution is 0.688. The summed E-state index contributed by atoms with van der Waals surface area (Å²) >= 11 is 0. The predicted octanol–water partition coefficient (Wildman–Crippen LogP) is 15.8. The van der Waals surface area contributed by atoms with Crippen molar-refractivity contribution in [1.29, 1.82) is 0 Å². The van der Waals surface area contributed by atoms with E-state index >= 15 is 0 Å². The van der Waals surface area contributed by atoms with Crippen molar-refractivity contribution in [2.75, 3.05) is 4.90 Å². The normalized spacial score (nSPS) is 16.3. The number of nitrogens with zero attached hydrogens (tertiary/aromatic N) is 2. The third-order valence-electron chi connectivity index (χ3n) is 13.7. The molecule has 0 saturated carbocycles. The number of benzene rings is 8. The molecule has 0 N–H and O–H groups in total. The summed E-state index contributed by atoms with van der Waals surface area (Å²) in [7, 11) is 0. The van der Waals surface area contributed by atoms with Crippen molar-refractivity contribution in [3.8, 4) is 22.3 Å². The Bertz CT molecular complexity index is 3230. The largest absolute Gasteiger partial charge is 0.313 e. The Morgan fingerprint density at radius 1 is 0.508 bits per heavy atom. The van der Waals surface area contributed by atoms with Crippen LogP contribution in [0.1, 0.15) is 47.4 Å². The first kappa shape index (κ1) is 37.1. The number of anilines is 2. The summed E-state index contributed by atoms with van der Waals surface area (Å²) in [5, 5.41) is 2.58. The molecule has 9 aromatic rings. The van der Waals surface area contributed by atoms with Crippen LogP contribution < -0.4 is 4.90 Å². The van der Waals surface area contributed by atoms with Crippen molar-refractivity contribution in [1.82, 2.24) is 4.57 Å². The molecule has 0 radical (unpaired) electrons. The number of para-hydroxylation sites is 1. The molecule has 3 aliphatic carbocycles. The fourth-order valence-corrected chi connectivity index (χ4v) is 10.9. The van der Waals surface area contributed by atoms with Gasteiger partial charge in [-0.3, -0.25) is 0 Å². The van der Waals surface area contributed by atoms with Crippen molar-refractivity contribution in [2.24, 2.45) is 0 Å². The first-order chi connectivity index (χ1) is 31.3. The molecule has 1 unspecified atom stereocenters. The van der Waals surface area contributed by atoms with E-state index in [0.717, 1.165) is 30.6 Å². The molecule has 300 valence electrons. The molecular weight excluding hydrogens is 761 g/mol. The number of aromatic nitrogens is 1. The zero-order valence-electron chi connectivity index (χ0n) is 35.1. The van der Waals surface area contributed by atoms with Crippen LogP contribution in [0.3, 0.4) is 0 Å². The summed E-state index contributed by atoms with van der Waals surface area (Å²) in [6, 6.07) is 76.3. The highest BCUT2D eigenvalue weighted by Gasteiger charge is 2.51. The molecule has 1 aromatic heterocycles. The first-order valence-corrected chi connectivity index (χ1v) is 22.3. The molecule has 0 fully saturated rings. The first-order valence-electron chi connectivity index (χ1n) is 22.3. The van der Waals surface area contributed by atoms with E-state index in [-0.39, 0.29) is 5.92 Å². The van der Waals surface area contributed by atoms with Crippen molar-refractivity contribution in [3.63, 3.8) is 0 Å². The van der Waals surface area contributed by atoms with E-state index in [2.05, 4.69) is 246 Å².